The van der Waals surface area contributed by atoms with Gasteiger partial charge in [0.25, 0.3) is 0 Å². The SMILES string of the molecule is CC(C)N(CCNC(=O)NC1CCCCC1)S(C)(=O)=O. The topological polar surface area (TPSA) is 78.5 Å². The van der Waals surface area contributed by atoms with Crippen LogP contribution in [-0.2, 0) is 10.0 Å². The average Bonchev–Trinajstić information content (AvgIpc) is 2.33. The molecule has 1 aliphatic carbocycles. The van der Waals surface area contributed by atoms with Crippen LogP contribution in [-0.4, -0.2) is 50.2 Å². The van der Waals surface area contributed by atoms with Gasteiger partial charge in [-0.3, -0.25) is 0 Å². The van der Waals surface area contributed by atoms with Gasteiger partial charge in [-0.25, -0.2) is 13.2 Å². The van der Waals surface area contributed by atoms with Crippen molar-refractivity contribution in [2.24, 2.45) is 0 Å². The minimum atomic E-state index is -3.23. The van der Waals surface area contributed by atoms with Crippen molar-refractivity contribution in [3.05, 3.63) is 0 Å². The number of nitrogens with zero attached hydrogens (tertiary/aromatic N) is 1. The molecule has 2 N–H and O–H groups in total. The van der Waals surface area contributed by atoms with Crippen molar-refractivity contribution >= 4 is 16.1 Å². The highest BCUT2D eigenvalue weighted by Gasteiger charge is 2.20. The van der Waals surface area contributed by atoms with E-state index in [-0.39, 0.29) is 18.1 Å². The number of amides is 2. The largest absolute Gasteiger partial charge is 0.337 e. The number of carbonyl (C=O) groups excluding carboxylic acids is 1. The van der Waals surface area contributed by atoms with Crippen LogP contribution in [0.3, 0.4) is 0 Å². The van der Waals surface area contributed by atoms with E-state index in [0.717, 1.165) is 12.8 Å². The molecule has 1 saturated carbocycles. The van der Waals surface area contributed by atoms with E-state index >= 15 is 0 Å². The summed E-state index contributed by atoms with van der Waals surface area (Å²) in [6, 6.07) is -0.0397. The molecule has 0 aliphatic heterocycles. The van der Waals surface area contributed by atoms with Crippen molar-refractivity contribution < 1.29 is 13.2 Å². The van der Waals surface area contributed by atoms with Crippen LogP contribution >= 0.6 is 0 Å². The van der Waals surface area contributed by atoms with Crippen LogP contribution in [0.25, 0.3) is 0 Å². The average molecular weight is 305 g/mol. The Hall–Kier alpha value is -0.820. The van der Waals surface area contributed by atoms with Crippen molar-refractivity contribution in [2.75, 3.05) is 19.3 Å². The van der Waals surface area contributed by atoms with Crippen molar-refractivity contribution in [3.63, 3.8) is 0 Å². The van der Waals surface area contributed by atoms with Crippen LogP contribution in [0.2, 0.25) is 0 Å². The molecule has 1 fully saturated rings. The molecular formula is C13H27N3O3S. The van der Waals surface area contributed by atoms with Crippen LogP contribution in [0.4, 0.5) is 4.79 Å². The number of hydrogen-bond donors (Lipinski definition) is 2. The maximum atomic E-state index is 11.7. The molecular weight excluding hydrogens is 278 g/mol. The van der Waals surface area contributed by atoms with Gasteiger partial charge in [-0.2, -0.15) is 4.31 Å². The van der Waals surface area contributed by atoms with Gasteiger partial charge in [0, 0.05) is 25.2 Å². The molecule has 0 heterocycles. The lowest BCUT2D eigenvalue weighted by atomic mass is 9.96. The lowest BCUT2D eigenvalue weighted by molar-refractivity contribution is 0.231. The molecule has 1 rings (SSSR count). The lowest BCUT2D eigenvalue weighted by Crippen LogP contribution is -2.46. The first kappa shape index (κ1) is 17.2. The highest BCUT2D eigenvalue weighted by atomic mass is 32.2. The van der Waals surface area contributed by atoms with Crippen molar-refractivity contribution in [3.8, 4) is 0 Å². The van der Waals surface area contributed by atoms with E-state index < -0.39 is 10.0 Å². The molecule has 0 radical (unpaired) electrons. The zero-order valence-electron chi connectivity index (χ0n) is 12.7. The third kappa shape index (κ3) is 6.09. The molecule has 6 nitrogen and oxygen atoms in total. The predicted octanol–water partition coefficient (Wildman–Crippen LogP) is 1.29. The number of nitrogens with one attached hydrogen (secondary N) is 2. The zero-order valence-corrected chi connectivity index (χ0v) is 13.5. The standard InChI is InChI=1S/C13H27N3O3S/c1-11(2)16(20(3,18)19)10-9-14-13(17)15-12-7-5-4-6-8-12/h11-12H,4-10H2,1-3H3,(H2,14,15,17). The van der Waals surface area contributed by atoms with Crippen molar-refractivity contribution in [2.45, 2.75) is 58.0 Å². The predicted molar refractivity (Wildman–Crippen MR) is 80.1 cm³/mol. The second-order valence-corrected chi connectivity index (χ2v) is 7.64. The Morgan fingerprint density at radius 1 is 1.25 bits per heavy atom. The molecule has 0 unspecified atom stereocenters. The maximum Gasteiger partial charge on any atom is 0.315 e. The van der Waals surface area contributed by atoms with E-state index in [1.54, 1.807) is 0 Å². The fraction of sp³-hybridized carbons (Fsp3) is 0.923. The first-order valence-corrected chi connectivity index (χ1v) is 9.16. The fourth-order valence-electron chi connectivity index (χ4n) is 2.57. The smallest absolute Gasteiger partial charge is 0.315 e. The van der Waals surface area contributed by atoms with Gasteiger partial charge in [0.05, 0.1) is 6.26 Å². The van der Waals surface area contributed by atoms with Gasteiger partial charge in [-0.05, 0) is 26.7 Å². The molecule has 0 aromatic heterocycles. The summed E-state index contributed by atoms with van der Waals surface area (Å²) in [6.07, 6.45) is 6.84. The quantitative estimate of drug-likeness (QED) is 0.776. The van der Waals surface area contributed by atoms with Crippen LogP contribution < -0.4 is 10.6 Å². The second kappa shape index (κ2) is 7.83. The highest BCUT2D eigenvalue weighted by molar-refractivity contribution is 7.88. The first-order valence-electron chi connectivity index (χ1n) is 7.32. The minimum absolute atomic E-state index is 0.104. The van der Waals surface area contributed by atoms with E-state index in [0.29, 0.717) is 13.1 Å². The molecule has 0 atom stereocenters. The van der Waals surface area contributed by atoms with E-state index in [2.05, 4.69) is 10.6 Å². The number of sulfonamides is 1. The molecule has 2 amide bonds. The summed E-state index contributed by atoms with van der Waals surface area (Å²) in [5.41, 5.74) is 0. The summed E-state index contributed by atoms with van der Waals surface area (Å²) in [5, 5.41) is 5.67. The second-order valence-electron chi connectivity index (χ2n) is 5.70. The summed E-state index contributed by atoms with van der Waals surface area (Å²) in [5.74, 6) is 0. The molecule has 0 aromatic rings. The Balaban J connectivity index is 2.29. The van der Waals surface area contributed by atoms with E-state index in [1.165, 1.54) is 29.8 Å². The summed E-state index contributed by atoms with van der Waals surface area (Å²) in [6.45, 7) is 4.27. The Morgan fingerprint density at radius 2 is 1.85 bits per heavy atom. The van der Waals surface area contributed by atoms with Gasteiger partial charge in [0.15, 0.2) is 0 Å². The van der Waals surface area contributed by atoms with Crippen LogP contribution in [0.5, 0.6) is 0 Å². The monoisotopic (exact) mass is 305 g/mol. The number of rotatable bonds is 6. The fourth-order valence-corrected chi connectivity index (χ4v) is 3.76. The molecule has 0 saturated heterocycles. The lowest BCUT2D eigenvalue weighted by Gasteiger charge is -2.25. The Kier molecular flexibility index (Phi) is 6.75. The highest BCUT2D eigenvalue weighted by Crippen LogP contribution is 2.17. The van der Waals surface area contributed by atoms with Crippen LogP contribution in [0.15, 0.2) is 0 Å². The van der Waals surface area contributed by atoms with Crippen LogP contribution in [0, 0.1) is 0 Å². The van der Waals surface area contributed by atoms with E-state index in [9.17, 15) is 13.2 Å². The van der Waals surface area contributed by atoms with Gasteiger partial charge >= 0.3 is 6.03 Å². The summed E-state index contributed by atoms with van der Waals surface area (Å²) in [4.78, 5) is 11.7. The Bertz CT molecular complexity index is 403. The third-order valence-electron chi connectivity index (χ3n) is 3.56. The number of carbonyl (C=O) groups is 1. The summed E-state index contributed by atoms with van der Waals surface area (Å²) >= 11 is 0. The van der Waals surface area contributed by atoms with Gasteiger partial charge in [0.2, 0.25) is 10.0 Å². The Labute approximate surface area is 122 Å². The maximum absolute atomic E-state index is 11.7. The minimum Gasteiger partial charge on any atom is -0.337 e. The molecule has 20 heavy (non-hydrogen) atoms. The normalized spacial score (nSPS) is 17.4. The molecule has 1 aliphatic rings. The van der Waals surface area contributed by atoms with Gasteiger partial charge < -0.3 is 10.6 Å². The van der Waals surface area contributed by atoms with Gasteiger partial charge in [-0.1, -0.05) is 19.3 Å². The van der Waals surface area contributed by atoms with Crippen LogP contribution in [0.1, 0.15) is 46.0 Å². The molecule has 7 heteroatoms. The van der Waals surface area contributed by atoms with Crippen molar-refractivity contribution in [1.82, 2.24) is 14.9 Å². The van der Waals surface area contributed by atoms with E-state index in [1.807, 2.05) is 13.8 Å². The molecule has 0 bridgehead atoms. The van der Waals surface area contributed by atoms with E-state index in [4.69, 9.17) is 0 Å². The molecule has 118 valence electrons. The summed E-state index contributed by atoms with van der Waals surface area (Å²) in [7, 11) is -3.23. The number of hydrogen-bond acceptors (Lipinski definition) is 3. The zero-order chi connectivity index (χ0) is 15.2. The van der Waals surface area contributed by atoms with Gasteiger partial charge in [0.1, 0.15) is 0 Å². The molecule has 0 aromatic carbocycles. The van der Waals surface area contributed by atoms with Gasteiger partial charge in [-0.15, -0.1) is 0 Å². The molecule has 0 spiro atoms. The first-order chi connectivity index (χ1) is 9.30. The van der Waals surface area contributed by atoms with Crippen molar-refractivity contribution in [1.29, 1.82) is 0 Å². The Morgan fingerprint density at radius 3 is 2.35 bits per heavy atom. The number of urea groups is 1. The third-order valence-corrected chi connectivity index (χ3v) is 5.02. The summed E-state index contributed by atoms with van der Waals surface area (Å²) < 4.78 is 24.5.